The third kappa shape index (κ3) is 2.67. The van der Waals surface area contributed by atoms with E-state index in [0.717, 1.165) is 0 Å². The Bertz CT molecular complexity index is 580. The predicted octanol–water partition coefficient (Wildman–Crippen LogP) is 2.37. The van der Waals surface area contributed by atoms with Gasteiger partial charge in [0.2, 0.25) is 5.82 Å². The standard InChI is InChI=1S/C11H13BrN4O3/c1-3-6(2)9(11(17)18)16-10(13-14-15-16)7-4-5-8(12)19-7/h4-6,9H,3H2,1-2H3,(H,17,18). The predicted molar refractivity (Wildman–Crippen MR) is 69.3 cm³/mol. The number of nitrogens with zero attached hydrogens (tertiary/aromatic N) is 4. The van der Waals surface area contributed by atoms with E-state index in [1.165, 1.54) is 4.68 Å². The molecule has 7 nitrogen and oxygen atoms in total. The van der Waals surface area contributed by atoms with Gasteiger partial charge in [-0.25, -0.2) is 9.48 Å². The third-order valence-corrected chi connectivity index (χ3v) is 3.41. The fourth-order valence-electron chi connectivity index (χ4n) is 1.79. The number of furan rings is 1. The second-order valence-corrected chi connectivity index (χ2v) is 5.00. The summed E-state index contributed by atoms with van der Waals surface area (Å²) in [5.74, 6) is -0.337. The Labute approximate surface area is 117 Å². The van der Waals surface area contributed by atoms with Crippen LogP contribution < -0.4 is 0 Å². The van der Waals surface area contributed by atoms with Crippen molar-refractivity contribution in [2.24, 2.45) is 5.92 Å². The van der Waals surface area contributed by atoms with E-state index in [0.29, 0.717) is 22.7 Å². The Balaban J connectivity index is 2.45. The zero-order valence-corrected chi connectivity index (χ0v) is 12.0. The number of halogens is 1. The lowest BCUT2D eigenvalue weighted by molar-refractivity contribution is -0.142. The zero-order valence-electron chi connectivity index (χ0n) is 10.4. The number of carboxylic acids is 1. The van der Waals surface area contributed by atoms with Gasteiger partial charge in [0, 0.05) is 0 Å². The summed E-state index contributed by atoms with van der Waals surface area (Å²) in [4.78, 5) is 11.4. The number of aromatic nitrogens is 4. The van der Waals surface area contributed by atoms with Gasteiger partial charge in [0.15, 0.2) is 16.5 Å². The molecule has 1 N–H and O–H groups in total. The van der Waals surface area contributed by atoms with Gasteiger partial charge >= 0.3 is 5.97 Å². The van der Waals surface area contributed by atoms with E-state index in [1.807, 2.05) is 13.8 Å². The molecule has 0 spiro atoms. The first-order valence-corrected chi connectivity index (χ1v) is 6.60. The molecule has 2 atom stereocenters. The maximum atomic E-state index is 11.4. The van der Waals surface area contributed by atoms with Gasteiger partial charge in [0.1, 0.15) is 0 Å². The summed E-state index contributed by atoms with van der Waals surface area (Å²) in [5, 5.41) is 20.6. The molecule has 19 heavy (non-hydrogen) atoms. The van der Waals surface area contributed by atoms with Crippen molar-refractivity contribution in [3.05, 3.63) is 16.8 Å². The Hall–Kier alpha value is -1.70. The van der Waals surface area contributed by atoms with Gasteiger partial charge in [-0.05, 0) is 44.4 Å². The van der Waals surface area contributed by atoms with Gasteiger partial charge < -0.3 is 9.52 Å². The average molecular weight is 329 g/mol. The minimum atomic E-state index is -0.964. The van der Waals surface area contributed by atoms with Gasteiger partial charge in [-0.2, -0.15) is 0 Å². The first kappa shape index (κ1) is 13.7. The Kier molecular flexibility index (Phi) is 3.98. The summed E-state index contributed by atoms with van der Waals surface area (Å²) in [6, 6.07) is 2.56. The number of aliphatic carboxylic acids is 1. The van der Waals surface area contributed by atoms with Crippen LogP contribution in [0.25, 0.3) is 11.6 Å². The Morgan fingerprint density at radius 1 is 1.58 bits per heavy atom. The summed E-state index contributed by atoms with van der Waals surface area (Å²) in [6.45, 7) is 3.77. The molecule has 8 heteroatoms. The lowest BCUT2D eigenvalue weighted by atomic mass is 9.99. The molecule has 0 aliphatic carbocycles. The van der Waals surface area contributed by atoms with Crippen LogP contribution in [0.2, 0.25) is 0 Å². The highest BCUT2D eigenvalue weighted by Crippen LogP contribution is 2.28. The quantitative estimate of drug-likeness (QED) is 0.905. The van der Waals surface area contributed by atoms with Crippen molar-refractivity contribution in [2.75, 3.05) is 0 Å². The number of hydrogen-bond acceptors (Lipinski definition) is 5. The van der Waals surface area contributed by atoms with Crippen LogP contribution >= 0.6 is 15.9 Å². The fourth-order valence-corrected chi connectivity index (χ4v) is 2.10. The molecule has 0 radical (unpaired) electrons. The molecule has 2 heterocycles. The molecular weight excluding hydrogens is 316 g/mol. The van der Waals surface area contributed by atoms with E-state index in [9.17, 15) is 9.90 Å². The van der Waals surface area contributed by atoms with Crippen molar-refractivity contribution in [3.8, 4) is 11.6 Å². The molecule has 0 bridgehead atoms. The smallest absolute Gasteiger partial charge is 0.328 e. The summed E-state index contributed by atoms with van der Waals surface area (Å²) in [6.07, 6.45) is 0.706. The lowest BCUT2D eigenvalue weighted by Crippen LogP contribution is -2.27. The molecule has 0 saturated carbocycles. The number of hydrogen-bond donors (Lipinski definition) is 1. The second kappa shape index (κ2) is 5.52. The molecule has 0 aliphatic rings. The van der Waals surface area contributed by atoms with Crippen LogP contribution in [0.1, 0.15) is 26.3 Å². The van der Waals surface area contributed by atoms with Crippen molar-refractivity contribution in [2.45, 2.75) is 26.3 Å². The van der Waals surface area contributed by atoms with Crippen molar-refractivity contribution in [3.63, 3.8) is 0 Å². The minimum Gasteiger partial charge on any atom is -0.480 e. The SMILES string of the molecule is CCC(C)C(C(=O)O)n1nnnc1-c1ccc(Br)o1. The van der Waals surface area contributed by atoms with Crippen LogP contribution in [-0.2, 0) is 4.79 Å². The molecule has 0 aliphatic heterocycles. The maximum Gasteiger partial charge on any atom is 0.328 e. The maximum absolute atomic E-state index is 11.4. The van der Waals surface area contributed by atoms with Crippen LogP contribution in [0, 0.1) is 5.92 Å². The minimum absolute atomic E-state index is 0.0989. The molecule has 102 valence electrons. The van der Waals surface area contributed by atoms with E-state index >= 15 is 0 Å². The molecule has 0 fully saturated rings. The van der Waals surface area contributed by atoms with Crippen LogP contribution in [-0.4, -0.2) is 31.3 Å². The highest BCUT2D eigenvalue weighted by atomic mass is 79.9. The topological polar surface area (TPSA) is 94.0 Å². The lowest BCUT2D eigenvalue weighted by Gasteiger charge is -2.18. The summed E-state index contributed by atoms with van der Waals surface area (Å²) < 4.78 is 7.20. The van der Waals surface area contributed by atoms with Crippen LogP contribution in [0.3, 0.4) is 0 Å². The zero-order chi connectivity index (χ0) is 14.0. The number of tetrazole rings is 1. The van der Waals surface area contributed by atoms with Gasteiger partial charge in [-0.1, -0.05) is 20.3 Å². The third-order valence-electron chi connectivity index (χ3n) is 2.99. The molecule has 2 aromatic heterocycles. The number of carboxylic acid groups (broad SMARTS) is 1. The number of carbonyl (C=O) groups is 1. The monoisotopic (exact) mass is 328 g/mol. The highest BCUT2D eigenvalue weighted by Gasteiger charge is 2.30. The van der Waals surface area contributed by atoms with Crippen molar-refractivity contribution < 1.29 is 14.3 Å². The molecule has 2 aromatic rings. The summed E-state index contributed by atoms with van der Waals surface area (Å²) in [7, 11) is 0. The molecular formula is C11H13BrN4O3. The van der Waals surface area contributed by atoms with E-state index in [-0.39, 0.29) is 5.92 Å². The van der Waals surface area contributed by atoms with Gasteiger partial charge in [0.05, 0.1) is 0 Å². The van der Waals surface area contributed by atoms with Gasteiger partial charge in [-0.3, -0.25) is 0 Å². The Morgan fingerprint density at radius 2 is 2.32 bits per heavy atom. The molecule has 0 saturated heterocycles. The first-order valence-electron chi connectivity index (χ1n) is 5.81. The van der Waals surface area contributed by atoms with Crippen LogP contribution in [0.4, 0.5) is 0 Å². The summed E-state index contributed by atoms with van der Waals surface area (Å²) >= 11 is 3.19. The van der Waals surface area contributed by atoms with Crippen LogP contribution in [0.5, 0.6) is 0 Å². The van der Waals surface area contributed by atoms with Gasteiger partial charge in [0.25, 0.3) is 0 Å². The van der Waals surface area contributed by atoms with E-state index in [2.05, 4.69) is 31.5 Å². The van der Waals surface area contributed by atoms with Crippen LogP contribution in [0.15, 0.2) is 21.2 Å². The Morgan fingerprint density at radius 3 is 2.84 bits per heavy atom. The number of rotatable bonds is 5. The van der Waals surface area contributed by atoms with Crippen molar-refractivity contribution >= 4 is 21.9 Å². The van der Waals surface area contributed by atoms with Crippen molar-refractivity contribution in [1.82, 2.24) is 20.2 Å². The van der Waals surface area contributed by atoms with E-state index in [4.69, 9.17) is 4.42 Å². The summed E-state index contributed by atoms with van der Waals surface area (Å²) in [5.41, 5.74) is 0. The molecule has 2 rings (SSSR count). The van der Waals surface area contributed by atoms with E-state index in [1.54, 1.807) is 12.1 Å². The largest absolute Gasteiger partial charge is 0.480 e. The molecule has 0 aromatic carbocycles. The average Bonchev–Trinajstić information content (AvgIpc) is 2.97. The fraction of sp³-hybridized carbons (Fsp3) is 0.455. The second-order valence-electron chi connectivity index (χ2n) is 4.22. The van der Waals surface area contributed by atoms with Gasteiger partial charge in [-0.15, -0.1) is 5.10 Å². The molecule has 2 unspecified atom stereocenters. The highest BCUT2D eigenvalue weighted by molar-refractivity contribution is 9.10. The van der Waals surface area contributed by atoms with E-state index < -0.39 is 12.0 Å². The van der Waals surface area contributed by atoms with Crippen molar-refractivity contribution in [1.29, 1.82) is 0 Å². The normalized spacial score (nSPS) is 14.3. The molecule has 0 amide bonds. The first-order chi connectivity index (χ1) is 9.04.